The highest BCUT2D eigenvalue weighted by Gasteiger charge is 2.39. The van der Waals surface area contributed by atoms with Gasteiger partial charge in [0.1, 0.15) is 5.78 Å². The molecule has 0 unspecified atom stereocenters. The zero-order valence-corrected chi connectivity index (χ0v) is 11.1. The van der Waals surface area contributed by atoms with Crippen molar-refractivity contribution in [1.29, 1.82) is 0 Å². The summed E-state index contributed by atoms with van der Waals surface area (Å²) in [5.41, 5.74) is 1.05. The fraction of sp³-hybridized carbons (Fsp3) is 0.462. The molecule has 0 atom stereocenters. The molecule has 0 spiro atoms. The molecule has 0 bridgehead atoms. The Hall–Kier alpha value is -0.380. The first kappa shape index (κ1) is 11.1. The van der Waals surface area contributed by atoms with E-state index in [9.17, 15) is 4.79 Å². The van der Waals surface area contributed by atoms with Crippen molar-refractivity contribution in [3.63, 3.8) is 0 Å². The fourth-order valence-corrected chi connectivity index (χ4v) is 2.95. The van der Waals surface area contributed by atoms with Crippen LogP contribution in [0.15, 0.2) is 24.3 Å². The monoisotopic (exact) mass is 314 g/mol. The Morgan fingerprint density at radius 3 is 2.20 bits per heavy atom. The van der Waals surface area contributed by atoms with Gasteiger partial charge in [0.25, 0.3) is 0 Å². The van der Waals surface area contributed by atoms with E-state index in [1.165, 1.54) is 22.0 Å². The SMILES string of the molecule is CC(=O)C1(c2ccc(I)cc2)CCCC1. The van der Waals surface area contributed by atoms with Crippen molar-refractivity contribution in [1.82, 2.24) is 0 Å². The van der Waals surface area contributed by atoms with E-state index in [0.29, 0.717) is 5.78 Å². The molecule has 0 aliphatic heterocycles. The number of halogens is 1. The number of ketones is 1. The molecule has 2 heteroatoms. The lowest BCUT2D eigenvalue weighted by atomic mass is 9.76. The summed E-state index contributed by atoms with van der Waals surface area (Å²) < 4.78 is 1.23. The van der Waals surface area contributed by atoms with E-state index in [1.54, 1.807) is 6.92 Å². The highest BCUT2D eigenvalue weighted by atomic mass is 127. The minimum Gasteiger partial charge on any atom is -0.299 e. The van der Waals surface area contributed by atoms with Gasteiger partial charge in [0.05, 0.1) is 5.41 Å². The summed E-state index contributed by atoms with van der Waals surface area (Å²) in [5, 5.41) is 0. The fourth-order valence-electron chi connectivity index (χ4n) is 2.59. The van der Waals surface area contributed by atoms with Crippen LogP contribution in [-0.2, 0) is 10.2 Å². The Labute approximate surface area is 104 Å². The van der Waals surface area contributed by atoms with Gasteiger partial charge in [-0.1, -0.05) is 25.0 Å². The summed E-state index contributed by atoms with van der Waals surface area (Å²) in [7, 11) is 0. The number of hydrogen-bond acceptors (Lipinski definition) is 1. The molecule has 1 aromatic rings. The number of benzene rings is 1. The predicted molar refractivity (Wildman–Crippen MR) is 70.0 cm³/mol. The second-order valence-corrected chi connectivity index (χ2v) is 5.60. The maximum absolute atomic E-state index is 11.9. The second kappa shape index (κ2) is 4.24. The lowest BCUT2D eigenvalue weighted by Gasteiger charge is -2.26. The van der Waals surface area contributed by atoms with Crippen molar-refractivity contribution in [2.75, 3.05) is 0 Å². The normalized spacial score (nSPS) is 19.1. The first-order chi connectivity index (χ1) is 7.15. The van der Waals surface area contributed by atoms with Crippen molar-refractivity contribution in [2.24, 2.45) is 0 Å². The minimum atomic E-state index is -0.162. The van der Waals surface area contributed by atoms with Crippen LogP contribution in [0, 0.1) is 3.57 Å². The molecule has 1 saturated carbocycles. The minimum absolute atomic E-state index is 0.162. The van der Waals surface area contributed by atoms with Crippen LogP contribution < -0.4 is 0 Å². The van der Waals surface area contributed by atoms with Crippen LogP contribution in [0.5, 0.6) is 0 Å². The average Bonchev–Trinajstić information content (AvgIpc) is 2.69. The maximum Gasteiger partial charge on any atom is 0.140 e. The van der Waals surface area contributed by atoms with Crippen molar-refractivity contribution in [2.45, 2.75) is 38.0 Å². The van der Waals surface area contributed by atoms with Gasteiger partial charge < -0.3 is 0 Å². The third kappa shape index (κ3) is 1.96. The molecule has 2 rings (SSSR count). The quantitative estimate of drug-likeness (QED) is 0.761. The first-order valence-corrected chi connectivity index (χ1v) is 6.50. The summed E-state index contributed by atoms with van der Waals surface area (Å²) in [6, 6.07) is 8.43. The Morgan fingerprint density at radius 1 is 1.20 bits per heavy atom. The average molecular weight is 314 g/mol. The number of carbonyl (C=O) groups excluding carboxylic acids is 1. The molecule has 1 aromatic carbocycles. The summed E-state index contributed by atoms with van der Waals surface area (Å²) in [5.74, 6) is 0.334. The highest BCUT2D eigenvalue weighted by Crippen LogP contribution is 2.41. The predicted octanol–water partition coefficient (Wildman–Crippen LogP) is 3.69. The highest BCUT2D eigenvalue weighted by molar-refractivity contribution is 14.1. The van der Waals surface area contributed by atoms with E-state index in [0.717, 1.165) is 12.8 Å². The summed E-state index contributed by atoms with van der Waals surface area (Å²) in [6.07, 6.45) is 4.43. The van der Waals surface area contributed by atoms with E-state index >= 15 is 0 Å². The third-order valence-electron chi connectivity index (χ3n) is 3.53. The standard InChI is InChI=1S/C13H15IO/c1-10(15)13(8-2-3-9-13)11-4-6-12(14)7-5-11/h4-7H,2-3,8-9H2,1H3. The third-order valence-corrected chi connectivity index (χ3v) is 4.25. The van der Waals surface area contributed by atoms with Crippen LogP contribution in [0.25, 0.3) is 0 Å². The number of carbonyl (C=O) groups is 1. The van der Waals surface area contributed by atoms with Gasteiger partial charge in [-0.05, 0) is 60.1 Å². The number of rotatable bonds is 2. The zero-order valence-electron chi connectivity index (χ0n) is 8.92. The molecule has 0 N–H and O–H groups in total. The molecule has 1 aliphatic carbocycles. The lowest BCUT2D eigenvalue weighted by Crippen LogP contribution is -2.30. The lowest BCUT2D eigenvalue weighted by molar-refractivity contribution is -0.122. The Morgan fingerprint density at radius 2 is 1.73 bits per heavy atom. The van der Waals surface area contributed by atoms with Gasteiger partial charge >= 0.3 is 0 Å². The molecule has 0 aromatic heterocycles. The van der Waals surface area contributed by atoms with Gasteiger partial charge in [0.15, 0.2) is 0 Å². The maximum atomic E-state index is 11.9. The molecule has 15 heavy (non-hydrogen) atoms. The van der Waals surface area contributed by atoms with Gasteiger partial charge in [-0.2, -0.15) is 0 Å². The van der Waals surface area contributed by atoms with Gasteiger partial charge in [-0.25, -0.2) is 0 Å². The largest absolute Gasteiger partial charge is 0.299 e. The molecule has 1 fully saturated rings. The van der Waals surface area contributed by atoms with Crippen LogP contribution >= 0.6 is 22.6 Å². The van der Waals surface area contributed by atoms with E-state index in [4.69, 9.17) is 0 Å². The summed E-state index contributed by atoms with van der Waals surface area (Å²) in [4.78, 5) is 11.9. The molecule has 0 saturated heterocycles. The van der Waals surface area contributed by atoms with Crippen LogP contribution in [0.3, 0.4) is 0 Å². The molecule has 1 aliphatic rings. The van der Waals surface area contributed by atoms with Crippen molar-refractivity contribution in [3.8, 4) is 0 Å². The van der Waals surface area contributed by atoms with Crippen LogP contribution in [-0.4, -0.2) is 5.78 Å². The smallest absolute Gasteiger partial charge is 0.140 e. The topological polar surface area (TPSA) is 17.1 Å². The zero-order chi connectivity index (χ0) is 10.9. The van der Waals surface area contributed by atoms with Crippen molar-refractivity contribution < 1.29 is 4.79 Å². The summed E-state index contributed by atoms with van der Waals surface area (Å²) in [6.45, 7) is 1.74. The molecule has 0 heterocycles. The molecule has 0 radical (unpaired) electrons. The molecule has 0 amide bonds. The van der Waals surface area contributed by atoms with Crippen LogP contribution in [0.1, 0.15) is 38.2 Å². The molecule has 80 valence electrons. The van der Waals surface area contributed by atoms with E-state index in [2.05, 4.69) is 46.9 Å². The van der Waals surface area contributed by atoms with E-state index < -0.39 is 0 Å². The molecular weight excluding hydrogens is 299 g/mol. The number of Topliss-reactive ketones (excluding diaryl/α,β-unsaturated/α-hetero) is 1. The van der Waals surface area contributed by atoms with E-state index in [1.807, 2.05) is 0 Å². The Bertz CT molecular complexity index is 361. The van der Waals surface area contributed by atoms with Gasteiger partial charge in [-0.15, -0.1) is 0 Å². The van der Waals surface area contributed by atoms with Gasteiger partial charge in [0.2, 0.25) is 0 Å². The Balaban J connectivity index is 2.41. The van der Waals surface area contributed by atoms with Gasteiger partial charge in [0, 0.05) is 3.57 Å². The van der Waals surface area contributed by atoms with Crippen LogP contribution in [0.4, 0.5) is 0 Å². The van der Waals surface area contributed by atoms with Crippen molar-refractivity contribution >= 4 is 28.4 Å². The van der Waals surface area contributed by atoms with E-state index in [-0.39, 0.29) is 5.41 Å². The Kier molecular flexibility index (Phi) is 3.14. The first-order valence-electron chi connectivity index (χ1n) is 5.42. The number of hydrogen-bond donors (Lipinski definition) is 0. The second-order valence-electron chi connectivity index (χ2n) is 4.35. The van der Waals surface area contributed by atoms with Gasteiger partial charge in [-0.3, -0.25) is 4.79 Å². The molecule has 1 nitrogen and oxygen atoms in total. The summed E-state index contributed by atoms with van der Waals surface area (Å²) >= 11 is 2.30. The van der Waals surface area contributed by atoms with Crippen molar-refractivity contribution in [3.05, 3.63) is 33.4 Å². The van der Waals surface area contributed by atoms with Crippen LogP contribution in [0.2, 0.25) is 0 Å². The molecular formula is C13H15IO.